The highest BCUT2D eigenvalue weighted by Gasteiger charge is 2.31. The number of aliphatic carboxylic acids is 1. The first kappa shape index (κ1) is 59.4. The van der Waals surface area contributed by atoms with E-state index in [0.29, 0.717) is 23.0 Å². The van der Waals surface area contributed by atoms with Gasteiger partial charge in [0.1, 0.15) is 29.6 Å². The van der Waals surface area contributed by atoms with Crippen LogP contribution in [0.1, 0.15) is 26.3 Å². The molecule has 68 heavy (non-hydrogen) atoms. The number of alkyl halides is 7. The summed E-state index contributed by atoms with van der Waals surface area (Å²) >= 11 is 5.72. The van der Waals surface area contributed by atoms with E-state index < -0.39 is 124 Å². The zero-order valence-corrected chi connectivity index (χ0v) is 37.4. The largest absolute Gasteiger partial charge is 0.778 e. The van der Waals surface area contributed by atoms with Gasteiger partial charge < -0.3 is 43.9 Å². The van der Waals surface area contributed by atoms with Crippen molar-refractivity contribution in [2.75, 3.05) is 36.9 Å². The normalized spacial score (nSPS) is 11.8. The lowest BCUT2D eigenvalue weighted by atomic mass is 10.1. The molecule has 7 N–H and O–H groups in total. The first-order chi connectivity index (χ1) is 31.2. The maximum Gasteiger partial charge on any atom is 0.416 e. The predicted molar refractivity (Wildman–Crippen MR) is 220 cm³/mol. The van der Waals surface area contributed by atoms with Crippen LogP contribution in [0.2, 0.25) is 5.02 Å². The minimum Gasteiger partial charge on any atom is -0.778 e. The third-order valence-corrected chi connectivity index (χ3v) is 8.74. The lowest BCUT2D eigenvalue weighted by Crippen LogP contribution is -2.35. The number of hydrogen-bond acceptors (Lipinski definition) is 16. The molecule has 23 nitrogen and oxygen atoms in total. The number of nitrogens with zero attached hydrogens (tertiary/aromatic N) is 3. The van der Waals surface area contributed by atoms with Crippen molar-refractivity contribution in [1.29, 1.82) is 0 Å². The van der Waals surface area contributed by atoms with Gasteiger partial charge in [-0.2, -0.15) is 40.7 Å². The number of carboxylic acid groups (broad SMARTS) is 3. The number of sulfonamides is 1. The van der Waals surface area contributed by atoms with E-state index in [-0.39, 0.29) is 16.5 Å². The number of aromatic nitrogens is 2. The number of nitro benzene ring substituents is 1. The monoisotopic (exact) mass is 1060 g/mol. The zero-order chi connectivity index (χ0) is 52.3. The molecule has 0 aliphatic heterocycles. The fraction of sp³-hybridized carbons (Fsp3) is 0.235. The molecule has 1 atom stereocenters. The summed E-state index contributed by atoms with van der Waals surface area (Å²) in [4.78, 5) is 77.5. The van der Waals surface area contributed by atoms with Gasteiger partial charge in [0.25, 0.3) is 15.7 Å². The number of urea groups is 1. The number of nitrogens with one attached hydrogen (secondary N) is 3. The van der Waals surface area contributed by atoms with Gasteiger partial charge in [-0.3, -0.25) is 25.5 Å². The second kappa shape index (κ2) is 26.7. The molecule has 1 unspecified atom stereocenters. The fourth-order valence-corrected chi connectivity index (χ4v) is 5.77. The Morgan fingerprint density at radius 2 is 1.41 bits per heavy atom. The van der Waals surface area contributed by atoms with Crippen molar-refractivity contribution < 1.29 is 107 Å². The number of carbonyl (C=O) groups is 4. The summed E-state index contributed by atoms with van der Waals surface area (Å²) in [5.41, 5.74) is -2.89. The highest BCUT2D eigenvalue weighted by atomic mass is 35.5. The number of carboxylic acids is 3. The van der Waals surface area contributed by atoms with E-state index in [1.165, 1.54) is 16.9 Å². The van der Waals surface area contributed by atoms with Gasteiger partial charge in [0.2, 0.25) is 17.7 Å². The summed E-state index contributed by atoms with van der Waals surface area (Å²) in [5, 5.41) is 40.1. The lowest BCUT2D eigenvalue weighted by molar-refractivity contribution is -0.385. The summed E-state index contributed by atoms with van der Waals surface area (Å²) in [6, 6.07) is 8.49. The van der Waals surface area contributed by atoms with E-state index in [0.717, 1.165) is 42.5 Å². The second-order valence-electron chi connectivity index (χ2n) is 12.3. The number of carbonyl (C=O) groups excluding carboxylic acids is 1. The average Bonchev–Trinajstić information content (AvgIpc) is 3.17. The van der Waals surface area contributed by atoms with Crippen molar-refractivity contribution in [3.8, 4) is 23.3 Å². The van der Waals surface area contributed by atoms with Crippen LogP contribution in [0.5, 0.6) is 23.3 Å². The van der Waals surface area contributed by atoms with Crippen molar-refractivity contribution in [1.82, 2.24) is 20.0 Å². The number of aromatic carboxylic acids is 2. The van der Waals surface area contributed by atoms with E-state index in [2.05, 4.69) is 38.2 Å². The minimum atomic E-state index is -4.71. The SMILES string of the molecule is C[S+](C)C.O=C(Nc1nc(OC(F)F)cc(OC(F)F)n1)NS(=O)(=O)c1ccccc1C(=O)O.O=C(O)CNCP(=O)([O-])O.O=C(O)c1cc(Oc2ccc(C(F)(F)F)cc2Cl)ccc1[N+](=O)[O-]. The highest BCUT2D eigenvalue weighted by Crippen LogP contribution is 2.37. The Kier molecular flexibility index (Phi) is 23.3. The molecule has 0 radical (unpaired) electrons. The van der Waals surface area contributed by atoms with Crippen LogP contribution in [-0.2, 0) is 36.5 Å². The first-order valence-electron chi connectivity index (χ1n) is 17.2. The van der Waals surface area contributed by atoms with Crippen LogP contribution in [0.25, 0.3) is 0 Å². The average molecular weight is 1060 g/mol. The Bertz CT molecular complexity index is 2550. The number of benzene rings is 3. The molecule has 0 bridgehead atoms. The third-order valence-electron chi connectivity index (χ3n) is 6.43. The van der Waals surface area contributed by atoms with Crippen molar-refractivity contribution in [2.45, 2.75) is 24.3 Å². The number of ether oxygens (including phenoxy) is 3. The zero-order valence-electron chi connectivity index (χ0n) is 34.1. The molecule has 0 saturated carbocycles. The van der Waals surface area contributed by atoms with Crippen LogP contribution in [0.3, 0.4) is 0 Å². The molecular weight excluding hydrogens is 1030 g/mol. The molecule has 1 aromatic heterocycles. The van der Waals surface area contributed by atoms with Crippen LogP contribution in [0.4, 0.5) is 47.2 Å². The Hall–Kier alpha value is -6.57. The number of rotatable bonds is 16. The number of hydrogen-bond donors (Lipinski definition) is 7. The smallest absolute Gasteiger partial charge is 0.416 e. The Labute approximate surface area is 384 Å². The van der Waals surface area contributed by atoms with Gasteiger partial charge in [0, 0.05) is 12.1 Å². The second-order valence-corrected chi connectivity index (χ2v) is 18.4. The lowest BCUT2D eigenvalue weighted by Gasteiger charge is -2.14. The highest BCUT2D eigenvalue weighted by molar-refractivity contribution is 7.94. The van der Waals surface area contributed by atoms with E-state index in [9.17, 15) is 77.9 Å². The van der Waals surface area contributed by atoms with Crippen molar-refractivity contribution >= 4 is 75.7 Å². The Morgan fingerprint density at radius 1 is 0.882 bits per heavy atom. The molecule has 4 rings (SSSR count). The molecular formula is C34H33ClF7N6O17PS2. The molecule has 0 spiro atoms. The summed E-state index contributed by atoms with van der Waals surface area (Å²) in [7, 11) is -8.42. The van der Waals surface area contributed by atoms with E-state index >= 15 is 0 Å². The van der Waals surface area contributed by atoms with E-state index in [4.69, 9.17) is 36.6 Å². The molecule has 4 aromatic rings. The summed E-state index contributed by atoms with van der Waals surface area (Å²) in [5.74, 6) is -7.46. The molecule has 3 aromatic carbocycles. The first-order valence-corrected chi connectivity index (χ1v) is 23.2. The number of anilines is 1. The fourth-order valence-electron chi connectivity index (χ4n) is 4.05. The van der Waals surface area contributed by atoms with Crippen LogP contribution in [-0.4, -0.2) is 112 Å². The number of amides is 2. The quantitative estimate of drug-likeness (QED) is 0.0246. The van der Waals surface area contributed by atoms with E-state index in [1.54, 1.807) is 5.32 Å². The minimum absolute atomic E-state index is 0.125. The Morgan fingerprint density at radius 3 is 1.85 bits per heavy atom. The van der Waals surface area contributed by atoms with Crippen LogP contribution in [0, 0.1) is 10.1 Å². The molecule has 374 valence electrons. The van der Waals surface area contributed by atoms with Gasteiger partial charge in [-0.15, -0.1) is 0 Å². The molecule has 0 aliphatic carbocycles. The predicted octanol–water partition coefficient (Wildman–Crippen LogP) is 5.30. The number of halogens is 8. The molecule has 34 heteroatoms. The van der Waals surface area contributed by atoms with Gasteiger partial charge in [-0.25, -0.2) is 27.5 Å². The summed E-state index contributed by atoms with van der Waals surface area (Å²) in [6.45, 7) is -7.30. The summed E-state index contributed by atoms with van der Waals surface area (Å²) < 4.78 is 136. The van der Waals surface area contributed by atoms with Crippen molar-refractivity contribution in [3.63, 3.8) is 0 Å². The molecule has 0 saturated heterocycles. The van der Waals surface area contributed by atoms with Crippen molar-refractivity contribution in [3.05, 3.63) is 98.6 Å². The van der Waals surface area contributed by atoms with Crippen LogP contribution >= 0.6 is 19.2 Å². The van der Waals surface area contributed by atoms with Crippen LogP contribution < -0.4 is 34.5 Å². The maximum atomic E-state index is 12.6. The Balaban J connectivity index is 0.000000539. The van der Waals surface area contributed by atoms with Gasteiger partial charge >= 0.3 is 43.3 Å². The van der Waals surface area contributed by atoms with Gasteiger partial charge in [0.05, 0.1) is 58.7 Å². The number of nitro groups is 1. The summed E-state index contributed by atoms with van der Waals surface area (Å²) in [6.07, 6.45) is 1.30. The molecule has 1 heterocycles. The van der Waals surface area contributed by atoms with Gasteiger partial charge in [0.15, 0.2) is 0 Å². The third kappa shape index (κ3) is 22.8. The van der Waals surface area contributed by atoms with Gasteiger partial charge in [-0.05, 0) is 47.3 Å². The topological polar surface area (TPSA) is 356 Å². The van der Waals surface area contributed by atoms with Gasteiger partial charge in [-0.1, -0.05) is 23.7 Å². The standard InChI is InChI=1S/C14H7ClF3NO5.C14H10F4N4O7S.C3H8NO5P.C3H9S/c15-10-5-7(14(16,17)18)1-4-12(10)24-8-2-3-11(19(22)23)9(6-8)13(20)21;15-11(16)28-8-5-9(29-12(17)18)20-13(19-8)21-14(25)22-30(26,27)7-4-2-1-3-6(7)10(23)24;5-3(6)1-4-2-10(7,8)9;1-4(2)3/h1-6H,(H,20,21);1-5,11-12H,(H,23,24)(H2,19,20,21,22,25);4H,1-2H2,(H,5,6)(H2,7,8,9);1-3H3/q;;;+1/p-1. The van der Waals surface area contributed by atoms with E-state index in [1.807, 2.05) is 5.32 Å². The van der Waals surface area contributed by atoms with Crippen molar-refractivity contribution in [2.24, 2.45) is 0 Å². The van der Waals surface area contributed by atoms with Crippen LogP contribution in [0.15, 0.2) is 71.6 Å². The maximum absolute atomic E-state index is 12.6. The molecule has 0 fully saturated rings. The molecule has 0 aliphatic rings. The molecule has 2 amide bonds.